The highest BCUT2D eigenvalue weighted by atomic mass is 15.0. The third kappa shape index (κ3) is 3.02. The molecule has 2 heterocycles. The summed E-state index contributed by atoms with van der Waals surface area (Å²) >= 11 is 0. The van der Waals surface area contributed by atoms with E-state index in [0.717, 1.165) is 55.5 Å². The van der Waals surface area contributed by atoms with Crippen molar-refractivity contribution in [2.24, 2.45) is 0 Å². The molecule has 148 valence electrons. The van der Waals surface area contributed by atoms with Gasteiger partial charge in [0, 0.05) is 21.9 Å². The zero-order chi connectivity index (χ0) is 21.5. The SMILES string of the molecule is [B]c1cccc2c1c1ccccc1n2-c1cc(-c2ccccc2)nc(-c2ccccc2)c1. The van der Waals surface area contributed by atoms with Gasteiger partial charge in [-0.25, -0.2) is 4.98 Å². The predicted molar refractivity (Wildman–Crippen MR) is 135 cm³/mol. The number of rotatable bonds is 3. The van der Waals surface area contributed by atoms with E-state index in [9.17, 15) is 0 Å². The van der Waals surface area contributed by atoms with Crippen LogP contribution in [-0.4, -0.2) is 17.4 Å². The Morgan fingerprint density at radius 2 is 1.12 bits per heavy atom. The normalized spacial score (nSPS) is 11.2. The summed E-state index contributed by atoms with van der Waals surface area (Å²) < 4.78 is 2.29. The molecule has 0 aliphatic rings. The first kappa shape index (κ1) is 18.6. The lowest BCUT2D eigenvalue weighted by atomic mass is 9.91. The van der Waals surface area contributed by atoms with Crippen LogP contribution in [0, 0.1) is 0 Å². The molecule has 0 amide bonds. The van der Waals surface area contributed by atoms with E-state index in [1.807, 2.05) is 48.5 Å². The molecule has 0 aliphatic heterocycles. The number of hydrogen-bond donors (Lipinski definition) is 0. The maximum absolute atomic E-state index is 6.43. The highest BCUT2D eigenvalue weighted by molar-refractivity contribution is 6.41. The first-order valence-electron chi connectivity index (χ1n) is 10.7. The first-order chi connectivity index (χ1) is 15.8. The van der Waals surface area contributed by atoms with Crippen LogP contribution in [0.1, 0.15) is 0 Å². The Morgan fingerprint density at radius 1 is 0.562 bits per heavy atom. The lowest BCUT2D eigenvalue weighted by molar-refractivity contribution is 1.16. The molecule has 0 aliphatic carbocycles. The Hall–Kier alpha value is -4.11. The monoisotopic (exact) mass is 406 g/mol. The summed E-state index contributed by atoms with van der Waals surface area (Å²) in [7, 11) is 6.43. The third-order valence-electron chi connectivity index (χ3n) is 5.94. The maximum atomic E-state index is 6.43. The highest BCUT2D eigenvalue weighted by Crippen LogP contribution is 2.33. The van der Waals surface area contributed by atoms with E-state index < -0.39 is 0 Å². The summed E-state index contributed by atoms with van der Waals surface area (Å²) in [5.74, 6) is 0. The zero-order valence-corrected chi connectivity index (χ0v) is 17.4. The molecule has 3 heteroatoms. The fraction of sp³-hybridized carbons (Fsp3) is 0. The molecule has 6 rings (SSSR count). The highest BCUT2D eigenvalue weighted by Gasteiger charge is 2.15. The van der Waals surface area contributed by atoms with Gasteiger partial charge in [-0.1, -0.05) is 96.5 Å². The molecule has 0 saturated heterocycles. The second-order valence-electron chi connectivity index (χ2n) is 7.92. The van der Waals surface area contributed by atoms with Gasteiger partial charge < -0.3 is 4.57 Å². The first-order valence-corrected chi connectivity index (χ1v) is 10.7. The van der Waals surface area contributed by atoms with Gasteiger partial charge in [0.15, 0.2) is 0 Å². The summed E-state index contributed by atoms with van der Waals surface area (Å²) in [4.78, 5) is 5.02. The molecule has 2 radical (unpaired) electrons. The van der Waals surface area contributed by atoms with E-state index in [1.54, 1.807) is 0 Å². The van der Waals surface area contributed by atoms with Crippen LogP contribution in [0.25, 0.3) is 50.0 Å². The number of hydrogen-bond acceptors (Lipinski definition) is 1. The standard InChI is InChI=1S/C29H19BN2/c30-24-15-9-17-28-29(24)23-14-7-8-16-27(23)32(28)22-18-25(20-10-3-1-4-11-20)31-26(19-22)21-12-5-2-6-13-21/h1-19H. The minimum atomic E-state index is 0.790. The molecule has 2 aromatic heterocycles. The molecule has 0 spiro atoms. The molecule has 0 saturated carbocycles. The number of pyridine rings is 1. The number of fused-ring (bicyclic) bond motifs is 3. The van der Waals surface area contributed by atoms with Crippen LogP contribution in [-0.2, 0) is 0 Å². The van der Waals surface area contributed by atoms with Gasteiger partial charge in [0.2, 0.25) is 0 Å². The Morgan fingerprint density at radius 3 is 1.78 bits per heavy atom. The third-order valence-corrected chi connectivity index (χ3v) is 5.94. The van der Waals surface area contributed by atoms with Gasteiger partial charge in [-0.15, -0.1) is 0 Å². The van der Waals surface area contributed by atoms with Crippen LogP contribution >= 0.6 is 0 Å². The molecule has 0 atom stereocenters. The lowest BCUT2D eigenvalue weighted by Gasteiger charge is -2.13. The summed E-state index contributed by atoms with van der Waals surface area (Å²) in [5.41, 5.74) is 8.14. The van der Waals surface area contributed by atoms with E-state index in [-0.39, 0.29) is 0 Å². The summed E-state index contributed by atoms with van der Waals surface area (Å²) in [5, 5.41) is 2.24. The van der Waals surface area contributed by atoms with E-state index in [4.69, 9.17) is 12.8 Å². The summed E-state index contributed by atoms with van der Waals surface area (Å²) in [6.45, 7) is 0. The molecule has 0 bridgehead atoms. The van der Waals surface area contributed by atoms with Crippen molar-refractivity contribution in [2.45, 2.75) is 0 Å². The molecule has 0 unspecified atom stereocenters. The van der Waals surface area contributed by atoms with Crippen LogP contribution in [0.15, 0.2) is 115 Å². The van der Waals surface area contributed by atoms with Gasteiger partial charge in [0.05, 0.1) is 28.1 Å². The van der Waals surface area contributed by atoms with Crippen molar-refractivity contribution in [3.05, 3.63) is 115 Å². The number of aromatic nitrogens is 2. The Bertz CT molecular complexity index is 1510. The van der Waals surface area contributed by atoms with Gasteiger partial charge in [-0.05, 0) is 24.3 Å². The minimum absolute atomic E-state index is 0.790. The Kier molecular flexibility index (Phi) is 4.40. The van der Waals surface area contributed by atoms with E-state index in [0.29, 0.717) is 0 Å². The zero-order valence-electron chi connectivity index (χ0n) is 17.4. The Balaban J connectivity index is 1.71. The largest absolute Gasteiger partial charge is 0.309 e. The van der Waals surface area contributed by atoms with Crippen molar-refractivity contribution in [3.8, 4) is 28.2 Å². The fourth-order valence-electron chi connectivity index (χ4n) is 4.48. The second-order valence-corrected chi connectivity index (χ2v) is 7.92. The molecule has 2 nitrogen and oxygen atoms in total. The van der Waals surface area contributed by atoms with Gasteiger partial charge >= 0.3 is 0 Å². The summed E-state index contributed by atoms with van der Waals surface area (Å²) in [6, 6.07) is 39.5. The van der Waals surface area contributed by atoms with Crippen molar-refractivity contribution in [3.63, 3.8) is 0 Å². The van der Waals surface area contributed by atoms with E-state index >= 15 is 0 Å². The number of nitrogens with zero attached hydrogens (tertiary/aromatic N) is 2. The average Bonchev–Trinajstić information content (AvgIpc) is 3.20. The average molecular weight is 406 g/mol. The molecule has 0 N–H and O–H groups in total. The molecular formula is C29H19BN2. The van der Waals surface area contributed by atoms with Gasteiger partial charge in [0.1, 0.15) is 7.85 Å². The van der Waals surface area contributed by atoms with Crippen molar-refractivity contribution < 1.29 is 0 Å². The Labute approximate surface area is 188 Å². The van der Waals surface area contributed by atoms with Crippen LogP contribution < -0.4 is 5.46 Å². The lowest BCUT2D eigenvalue weighted by Crippen LogP contribution is -2.03. The number of para-hydroxylation sites is 1. The van der Waals surface area contributed by atoms with Gasteiger partial charge in [-0.2, -0.15) is 0 Å². The van der Waals surface area contributed by atoms with Crippen molar-refractivity contribution in [1.29, 1.82) is 0 Å². The topological polar surface area (TPSA) is 17.8 Å². The fourth-order valence-corrected chi connectivity index (χ4v) is 4.48. The second kappa shape index (κ2) is 7.54. The van der Waals surface area contributed by atoms with Crippen molar-refractivity contribution >= 4 is 35.1 Å². The minimum Gasteiger partial charge on any atom is -0.309 e. The van der Waals surface area contributed by atoms with Crippen LogP contribution in [0.3, 0.4) is 0 Å². The van der Waals surface area contributed by atoms with E-state index in [1.165, 1.54) is 0 Å². The van der Waals surface area contributed by atoms with Crippen LogP contribution in [0.2, 0.25) is 0 Å². The predicted octanol–water partition coefficient (Wildman–Crippen LogP) is 6.31. The molecule has 4 aromatic carbocycles. The van der Waals surface area contributed by atoms with Gasteiger partial charge in [0.25, 0.3) is 0 Å². The van der Waals surface area contributed by atoms with Crippen molar-refractivity contribution in [2.75, 3.05) is 0 Å². The van der Waals surface area contributed by atoms with E-state index in [2.05, 4.69) is 71.3 Å². The maximum Gasteiger partial charge on any atom is 0.114 e. The van der Waals surface area contributed by atoms with Crippen molar-refractivity contribution in [1.82, 2.24) is 9.55 Å². The molecular weight excluding hydrogens is 387 g/mol. The van der Waals surface area contributed by atoms with Crippen LogP contribution in [0.4, 0.5) is 0 Å². The van der Waals surface area contributed by atoms with Crippen LogP contribution in [0.5, 0.6) is 0 Å². The molecule has 32 heavy (non-hydrogen) atoms. The smallest absolute Gasteiger partial charge is 0.114 e. The molecule has 6 aromatic rings. The van der Waals surface area contributed by atoms with Gasteiger partial charge in [-0.3, -0.25) is 0 Å². The summed E-state index contributed by atoms with van der Waals surface area (Å²) in [6.07, 6.45) is 0. The number of benzene rings is 4. The quantitative estimate of drug-likeness (QED) is 0.315. The molecule has 0 fully saturated rings.